The van der Waals surface area contributed by atoms with Crippen LogP contribution >= 0.6 is 11.3 Å². The first-order chi connectivity index (χ1) is 10.1. The maximum absolute atomic E-state index is 12.2. The minimum Gasteiger partial charge on any atom is -0.493 e. The van der Waals surface area contributed by atoms with Crippen LogP contribution in [-0.2, 0) is 0 Å². The predicted molar refractivity (Wildman–Crippen MR) is 85.0 cm³/mol. The number of hydrogen-bond donors (Lipinski definition) is 1. The molecule has 0 saturated carbocycles. The number of benzene rings is 1. The molecular formula is C16H20N2O2S. The number of nitrogens with zero attached hydrogens (tertiary/aromatic N) is 1. The second kappa shape index (κ2) is 7.22. The molecule has 1 aromatic carbocycles. The lowest BCUT2D eigenvalue weighted by molar-refractivity contribution is 0.0935. The third-order valence-corrected chi connectivity index (χ3v) is 3.82. The van der Waals surface area contributed by atoms with Crippen molar-refractivity contribution in [2.45, 2.75) is 33.2 Å². The average Bonchev–Trinajstić information content (AvgIpc) is 2.92. The molecule has 0 unspecified atom stereocenters. The Labute approximate surface area is 129 Å². The topological polar surface area (TPSA) is 51.2 Å². The second-order valence-corrected chi connectivity index (χ2v) is 5.90. The van der Waals surface area contributed by atoms with E-state index in [2.05, 4.69) is 17.2 Å². The highest BCUT2D eigenvalue weighted by molar-refractivity contribution is 7.09. The Hall–Kier alpha value is -1.88. The van der Waals surface area contributed by atoms with Gasteiger partial charge in [-0.2, -0.15) is 0 Å². The summed E-state index contributed by atoms with van der Waals surface area (Å²) in [6.07, 6.45) is 0.952. The van der Waals surface area contributed by atoms with Crippen LogP contribution in [0, 0.1) is 6.92 Å². The third kappa shape index (κ3) is 4.04. The molecule has 4 nitrogen and oxygen atoms in total. The number of para-hydroxylation sites is 1. The van der Waals surface area contributed by atoms with E-state index in [4.69, 9.17) is 4.74 Å². The van der Waals surface area contributed by atoms with Crippen LogP contribution in [0.15, 0.2) is 29.6 Å². The summed E-state index contributed by atoms with van der Waals surface area (Å²) in [6.45, 7) is 6.57. The van der Waals surface area contributed by atoms with Crippen LogP contribution in [0.3, 0.4) is 0 Å². The van der Waals surface area contributed by atoms with E-state index in [9.17, 15) is 4.79 Å². The van der Waals surface area contributed by atoms with Gasteiger partial charge in [-0.1, -0.05) is 25.1 Å². The molecule has 0 spiro atoms. The Morgan fingerprint density at radius 1 is 1.43 bits per heavy atom. The zero-order valence-electron chi connectivity index (χ0n) is 12.6. The molecule has 1 aromatic heterocycles. The Morgan fingerprint density at radius 3 is 2.86 bits per heavy atom. The first-order valence-electron chi connectivity index (χ1n) is 7.06. The van der Waals surface area contributed by atoms with Crippen molar-refractivity contribution < 1.29 is 9.53 Å². The summed E-state index contributed by atoms with van der Waals surface area (Å²) in [6, 6.07) is 7.66. The van der Waals surface area contributed by atoms with Crippen LogP contribution in [0.1, 0.15) is 47.4 Å². The van der Waals surface area contributed by atoms with E-state index in [-0.39, 0.29) is 11.9 Å². The van der Waals surface area contributed by atoms with Gasteiger partial charge in [0.2, 0.25) is 0 Å². The highest BCUT2D eigenvalue weighted by atomic mass is 32.1. The average molecular weight is 304 g/mol. The SMILES string of the molecule is CCCOc1ccccc1[C@H](C)NC(=O)c1csc(C)n1. The lowest BCUT2D eigenvalue weighted by atomic mass is 10.1. The van der Waals surface area contributed by atoms with Crippen LogP contribution in [0.4, 0.5) is 0 Å². The van der Waals surface area contributed by atoms with Crippen molar-refractivity contribution in [1.29, 1.82) is 0 Å². The van der Waals surface area contributed by atoms with Gasteiger partial charge in [-0.05, 0) is 26.3 Å². The van der Waals surface area contributed by atoms with E-state index in [1.807, 2.05) is 38.1 Å². The van der Waals surface area contributed by atoms with Crippen molar-refractivity contribution in [3.05, 3.63) is 45.9 Å². The van der Waals surface area contributed by atoms with E-state index >= 15 is 0 Å². The number of thiazole rings is 1. The number of aromatic nitrogens is 1. The number of amides is 1. The van der Waals surface area contributed by atoms with Crippen LogP contribution in [0.5, 0.6) is 5.75 Å². The molecule has 1 N–H and O–H groups in total. The van der Waals surface area contributed by atoms with Crippen LogP contribution < -0.4 is 10.1 Å². The Bertz CT molecular complexity index is 610. The summed E-state index contributed by atoms with van der Waals surface area (Å²) < 4.78 is 5.73. The lowest BCUT2D eigenvalue weighted by Crippen LogP contribution is -2.27. The van der Waals surface area contributed by atoms with E-state index in [1.54, 1.807) is 5.38 Å². The predicted octanol–water partition coefficient (Wildman–Crippen LogP) is 3.73. The monoisotopic (exact) mass is 304 g/mol. The summed E-state index contributed by atoms with van der Waals surface area (Å²) >= 11 is 1.47. The standard InChI is InChI=1S/C16H20N2O2S/c1-4-9-20-15-8-6-5-7-13(15)11(2)17-16(19)14-10-21-12(3)18-14/h5-8,10-11H,4,9H2,1-3H3,(H,17,19)/t11-/m0/s1. The number of hydrogen-bond acceptors (Lipinski definition) is 4. The molecule has 0 aliphatic carbocycles. The Morgan fingerprint density at radius 2 is 2.19 bits per heavy atom. The summed E-state index contributed by atoms with van der Waals surface area (Å²) in [5.74, 6) is 0.666. The van der Waals surface area contributed by atoms with Gasteiger partial charge in [0.25, 0.3) is 5.91 Å². The fraction of sp³-hybridized carbons (Fsp3) is 0.375. The fourth-order valence-electron chi connectivity index (χ4n) is 2.00. The van der Waals surface area contributed by atoms with Crippen LogP contribution in [-0.4, -0.2) is 17.5 Å². The van der Waals surface area contributed by atoms with Gasteiger partial charge in [-0.15, -0.1) is 11.3 Å². The van der Waals surface area contributed by atoms with Gasteiger partial charge < -0.3 is 10.1 Å². The van der Waals surface area contributed by atoms with E-state index < -0.39 is 0 Å². The van der Waals surface area contributed by atoms with Crippen molar-refractivity contribution in [3.63, 3.8) is 0 Å². The number of nitrogens with one attached hydrogen (secondary N) is 1. The molecule has 2 aromatic rings. The molecule has 0 bridgehead atoms. The summed E-state index contributed by atoms with van der Waals surface area (Å²) in [4.78, 5) is 16.4. The van der Waals surface area contributed by atoms with Crippen LogP contribution in [0.2, 0.25) is 0 Å². The molecule has 0 fully saturated rings. The van der Waals surface area contributed by atoms with E-state index in [0.717, 1.165) is 22.7 Å². The molecule has 0 aliphatic rings. The number of rotatable bonds is 6. The smallest absolute Gasteiger partial charge is 0.271 e. The molecular weight excluding hydrogens is 284 g/mol. The number of carbonyl (C=O) groups excluding carboxylic acids is 1. The van der Waals surface area contributed by atoms with E-state index in [1.165, 1.54) is 11.3 Å². The zero-order valence-corrected chi connectivity index (χ0v) is 13.4. The molecule has 112 valence electrons. The minimum atomic E-state index is -0.155. The van der Waals surface area contributed by atoms with E-state index in [0.29, 0.717) is 12.3 Å². The van der Waals surface area contributed by atoms with Crippen LogP contribution in [0.25, 0.3) is 0 Å². The number of ether oxygens (including phenoxy) is 1. The summed E-state index contributed by atoms with van der Waals surface area (Å²) in [5.41, 5.74) is 1.45. The zero-order chi connectivity index (χ0) is 15.2. The molecule has 0 aliphatic heterocycles. The Kier molecular flexibility index (Phi) is 5.33. The first kappa shape index (κ1) is 15.5. The molecule has 1 heterocycles. The maximum atomic E-state index is 12.2. The molecule has 0 saturated heterocycles. The molecule has 1 amide bonds. The van der Waals surface area contributed by atoms with Gasteiger partial charge in [0.15, 0.2) is 0 Å². The van der Waals surface area contributed by atoms with Gasteiger partial charge in [-0.3, -0.25) is 4.79 Å². The van der Waals surface area contributed by atoms with Gasteiger partial charge in [0.1, 0.15) is 11.4 Å². The second-order valence-electron chi connectivity index (χ2n) is 4.83. The maximum Gasteiger partial charge on any atom is 0.271 e. The number of aryl methyl sites for hydroxylation is 1. The lowest BCUT2D eigenvalue weighted by Gasteiger charge is -2.17. The van der Waals surface area contributed by atoms with Crippen molar-refractivity contribution in [1.82, 2.24) is 10.3 Å². The normalized spacial score (nSPS) is 12.0. The Balaban J connectivity index is 2.09. The van der Waals surface area contributed by atoms with Gasteiger partial charge in [0.05, 0.1) is 17.7 Å². The summed E-state index contributed by atoms with van der Waals surface area (Å²) in [5, 5.41) is 5.63. The highest BCUT2D eigenvalue weighted by Gasteiger charge is 2.16. The van der Waals surface area contributed by atoms with Gasteiger partial charge in [0, 0.05) is 10.9 Å². The van der Waals surface area contributed by atoms with Crippen molar-refractivity contribution in [3.8, 4) is 5.75 Å². The number of carbonyl (C=O) groups is 1. The largest absolute Gasteiger partial charge is 0.493 e. The van der Waals surface area contributed by atoms with Gasteiger partial charge in [-0.25, -0.2) is 4.98 Å². The van der Waals surface area contributed by atoms with Crippen molar-refractivity contribution in [2.24, 2.45) is 0 Å². The third-order valence-electron chi connectivity index (χ3n) is 3.05. The molecule has 0 radical (unpaired) electrons. The van der Waals surface area contributed by atoms with Crippen molar-refractivity contribution in [2.75, 3.05) is 6.61 Å². The quantitative estimate of drug-likeness (QED) is 0.884. The summed E-state index contributed by atoms with van der Waals surface area (Å²) in [7, 11) is 0. The first-order valence-corrected chi connectivity index (χ1v) is 7.94. The highest BCUT2D eigenvalue weighted by Crippen LogP contribution is 2.25. The van der Waals surface area contributed by atoms with Crippen molar-refractivity contribution >= 4 is 17.2 Å². The molecule has 2 rings (SSSR count). The fourth-order valence-corrected chi connectivity index (χ4v) is 2.59. The molecule has 1 atom stereocenters. The molecule has 21 heavy (non-hydrogen) atoms. The minimum absolute atomic E-state index is 0.132. The molecule has 5 heteroatoms. The van der Waals surface area contributed by atoms with Gasteiger partial charge >= 0.3 is 0 Å².